The molecule has 6 aromatic carbocycles. The number of hydrogen-bond acceptors (Lipinski definition) is 2. The van der Waals surface area contributed by atoms with Crippen molar-refractivity contribution in [2.45, 2.75) is 52.4 Å². The number of benzene rings is 6. The van der Waals surface area contributed by atoms with Crippen molar-refractivity contribution in [1.29, 1.82) is 0 Å². The van der Waals surface area contributed by atoms with Crippen LogP contribution in [0.3, 0.4) is 0 Å². The monoisotopic (exact) mass is 648 g/mol. The molecule has 0 N–H and O–H groups in total. The van der Waals surface area contributed by atoms with Gasteiger partial charge in [-0.15, -0.1) is 0 Å². The molecule has 0 atom stereocenters. The Balaban J connectivity index is 1.47. The summed E-state index contributed by atoms with van der Waals surface area (Å²) in [4.78, 5) is 10.3. The lowest BCUT2D eigenvalue weighted by molar-refractivity contribution is 0.539. The molecule has 8 aromatic rings. The fraction of sp³-hybridized carbons (Fsp3) is 0.174. The predicted molar refractivity (Wildman–Crippen MR) is 203 cm³/mol. The van der Waals surface area contributed by atoms with E-state index in [0.717, 1.165) is 45.1 Å². The second kappa shape index (κ2) is 10.9. The first kappa shape index (κ1) is 30.3. The van der Waals surface area contributed by atoms with Gasteiger partial charge in [-0.1, -0.05) is 126 Å². The molecule has 2 heterocycles. The Bertz CT molecular complexity index is 2850. The van der Waals surface area contributed by atoms with Gasteiger partial charge in [0, 0.05) is 22.2 Å². The zero-order valence-corrected chi connectivity index (χ0v) is 29.5. The van der Waals surface area contributed by atoms with Crippen molar-refractivity contribution in [3.63, 3.8) is 0 Å². The predicted octanol–water partition coefficient (Wildman–Crippen LogP) is 10.4. The van der Waals surface area contributed by atoms with E-state index in [1.807, 2.05) is 0 Å². The van der Waals surface area contributed by atoms with E-state index in [4.69, 9.17) is 9.97 Å². The molecule has 0 amide bonds. The number of fused-ring (bicyclic) bond motifs is 6. The van der Waals surface area contributed by atoms with Gasteiger partial charge < -0.3 is 0 Å². The highest BCUT2D eigenvalue weighted by Crippen LogP contribution is 2.32. The average Bonchev–Trinajstić information content (AvgIpc) is 3.71. The summed E-state index contributed by atoms with van der Waals surface area (Å²) in [5, 5.41) is 9.76. The molecule has 0 fully saturated rings. The molecule has 9 rings (SSSR count). The molecule has 2 aromatic heterocycles. The standard InChI is InChI=1S/C46H40N4/c1-45(2,3)43-47-39-19-11-13-21-41(39)49(43)29-23-25-35-32-16-8-10-18-34(32)38-28-30(24-26-36(38)31-15-7-9-17-33(31)37(35)27-29)50-42-22-14-12-20-40(42)48-44(50)46(4,5)6/h7-28H,1-6H3. The quantitative estimate of drug-likeness (QED) is 0.187. The fourth-order valence-electron chi connectivity index (χ4n) is 7.74. The first-order chi connectivity index (χ1) is 24.1. The van der Waals surface area contributed by atoms with Gasteiger partial charge >= 0.3 is 0 Å². The van der Waals surface area contributed by atoms with Gasteiger partial charge in [0.2, 0.25) is 0 Å². The summed E-state index contributed by atoms with van der Waals surface area (Å²) >= 11 is 0. The van der Waals surface area contributed by atoms with Gasteiger partial charge in [-0.2, -0.15) is 0 Å². The summed E-state index contributed by atoms with van der Waals surface area (Å²) < 4.78 is 4.71. The number of imidazole rings is 2. The van der Waals surface area contributed by atoms with Crippen molar-refractivity contribution in [3.05, 3.63) is 187 Å². The number of para-hydroxylation sites is 4. The highest BCUT2D eigenvalue weighted by Gasteiger charge is 2.25. The lowest BCUT2D eigenvalue weighted by atomic mass is 9.95. The molecule has 0 radical (unpaired) electrons. The average molecular weight is 649 g/mol. The molecule has 1 aliphatic rings. The summed E-state index contributed by atoms with van der Waals surface area (Å²) in [6.45, 7) is 13.5. The molecular weight excluding hydrogens is 609 g/mol. The summed E-state index contributed by atoms with van der Waals surface area (Å²) in [6, 6.07) is 48.6. The lowest BCUT2D eigenvalue weighted by Crippen LogP contribution is -2.18. The van der Waals surface area contributed by atoms with Crippen LogP contribution >= 0.6 is 0 Å². The van der Waals surface area contributed by atoms with Gasteiger partial charge in [0.05, 0.1) is 22.1 Å². The minimum absolute atomic E-state index is 0.141. The Morgan fingerprint density at radius 3 is 1.06 bits per heavy atom. The number of rotatable bonds is 2. The maximum atomic E-state index is 5.14. The van der Waals surface area contributed by atoms with Crippen LogP contribution in [-0.2, 0) is 10.8 Å². The fourth-order valence-corrected chi connectivity index (χ4v) is 7.74. The third-order valence-corrected chi connectivity index (χ3v) is 10.0. The first-order valence-electron chi connectivity index (χ1n) is 17.5. The van der Waals surface area contributed by atoms with E-state index in [1.54, 1.807) is 0 Å². The summed E-state index contributed by atoms with van der Waals surface area (Å²) in [5.74, 6) is 2.11. The van der Waals surface area contributed by atoms with E-state index in [-0.39, 0.29) is 10.8 Å². The van der Waals surface area contributed by atoms with E-state index in [9.17, 15) is 0 Å². The van der Waals surface area contributed by atoms with E-state index in [0.29, 0.717) is 0 Å². The van der Waals surface area contributed by atoms with Crippen LogP contribution in [-0.4, -0.2) is 19.1 Å². The number of nitrogens with zero attached hydrogens (tertiary/aromatic N) is 4. The molecular formula is C46H40N4. The Morgan fingerprint density at radius 1 is 0.360 bits per heavy atom. The van der Waals surface area contributed by atoms with Gasteiger partial charge in [0.15, 0.2) is 0 Å². The normalized spacial score (nSPS) is 12.6. The highest BCUT2D eigenvalue weighted by molar-refractivity contribution is 5.79. The number of hydrogen-bond donors (Lipinski definition) is 0. The van der Waals surface area contributed by atoms with Crippen LogP contribution in [0, 0.1) is 41.7 Å². The first-order valence-corrected chi connectivity index (χ1v) is 17.5. The van der Waals surface area contributed by atoms with E-state index in [1.165, 1.54) is 41.7 Å². The third kappa shape index (κ3) is 4.66. The third-order valence-electron chi connectivity index (χ3n) is 10.0. The van der Waals surface area contributed by atoms with Crippen molar-refractivity contribution >= 4 is 22.1 Å². The van der Waals surface area contributed by atoms with Crippen molar-refractivity contribution in [2.75, 3.05) is 0 Å². The van der Waals surface area contributed by atoms with Crippen molar-refractivity contribution in [3.8, 4) is 11.4 Å². The van der Waals surface area contributed by atoms with Gasteiger partial charge in [0.1, 0.15) is 11.6 Å². The number of aromatic nitrogens is 4. The smallest absolute Gasteiger partial charge is 0.119 e. The van der Waals surface area contributed by atoms with Crippen molar-refractivity contribution in [1.82, 2.24) is 19.1 Å². The SMILES string of the molecule is CC(C)(C)c1nc2ccccc2n1-c1ccc2c(c1)=c1ccccc1=c1ccc(-n3c(C(C)(C)C)nc4ccccc43)cc1=c1ccccc1=2. The molecule has 50 heavy (non-hydrogen) atoms. The largest absolute Gasteiger partial charge is 0.296 e. The maximum Gasteiger partial charge on any atom is 0.119 e. The van der Waals surface area contributed by atoms with E-state index < -0.39 is 0 Å². The van der Waals surface area contributed by atoms with Crippen LogP contribution in [0.4, 0.5) is 0 Å². The molecule has 244 valence electrons. The Hall–Kier alpha value is -5.74. The Labute approximate surface area is 291 Å². The van der Waals surface area contributed by atoms with E-state index in [2.05, 4.69) is 184 Å². The van der Waals surface area contributed by atoms with Crippen LogP contribution < -0.4 is 0 Å². The minimum Gasteiger partial charge on any atom is -0.296 e. The van der Waals surface area contributed by atoms with Crippen molar-refractivity contribution in [2.24, 2.45) is 0 Å². The van der Waals surface area contributed by atoms with E-state index >= 15 is 0 Å². The molecule has 0 saturated heterocycles. The summed E-state index contributed by atoms with van der Waals surface area (Å²) in [6.07, 6.45) is 0. The Kier molecular flexibility index (Phi) is 6.60. The van der Waals surface area contributed by atoms with Crippen LogP contribution in [0.15, 0.2) is 133 Å². The molecule has 4 nitrogen and oxygen atoms in total. The summed E-state index contributed by atoms with van der Waals surface area (Å²) in [7, 11) is 0. The van der Waals surface area contributed by atoms with Crippen LogP contribution in [0.5, 0.6) is 0 Å². The van der Waals surface area contributed by atoms with Gasteiger partial charge in [0.25, 0.3) is 0 Å². The van der Waals surface area contributed by atoms with Crippen LogP contribution in [0.1, 0.15) is 53.2 Å². The highest BCUT2D eigenvalue weighted by atomic mass is 15.1. The second-order valence-corrected chi connectivity index (χ2v) is 15.6. The zero-order valence-electron chi connectivity index (χ0n) is 29.5. The van der Waals surface area contributed by atoms with Crippen molar-refractivity contribution < 1.29 is 0 Å². The molecule has 0 aliphatic heterocycles. The topological polar surface area (TPSA) is 35.6 Å². The molecule has 0 bridgehead atoms. The zero-order chi connectivity index (χ0) is 34.4. The van der Waals surface area contributed by atoms with Crippen LogP contribution in [0.25, 0.3) is 33.4 Å². The second-order valence-electron chi connectivity index (χ2n) is 15.6. The molecule has 0 saturated carbocycles. The molecule has 0 spiro atoms. The van der Waals surface area contributed by atoms with Gasteiger partial charge in [-0.05, 0) is 90.3 Å². The molecule has 1 aliphatic carbocycles. The summed E-state index contributed by atoms with van der Waals surface area (Å²) in [5.41, 5.74) is 6.23. The Morgan fingerprint density at radius 2 is 0.680 bits per heavy atom. The van der Waals surface area contributed by atoms with Crippen LogP contribution in [0.2, 0.25) is 0 Å². The lowest BCUT2D eigenvalue weighted by Gasteiger charge is -2.20. The van der Waals surface area contributed by atoms with Gasteiger partial charge in [-0.3, -0.25) is 9.13 Å². The van der Waals surface area contributed by atoms with Gasteiger partial charge in [-0.25, -0.2) is 9.97 Å². The minimum atomic E-state index is -0.141. The molecule has 4 heteroatoms. The molecule has 0 unspecified atom stereocenters. The maximum absolute atomic E-state index is 5.14.